The van der Waals surface area contributed by atoms with E-state index in [4.69, 9.17) is 0 Å². The van der Waals surface area contributed by atoms with E-state index in [-0.39, 0.29) is 0 Å². The summed E-state index contributed by atoms with van der Waals surface area (Å²) in [5.41, 5.74) is 3.86. The highest BCUT2D eigenvalue weighted by atomic mass is 32.2. The Morgan fingerprint density at radius 1 is 0.682 bits per heavy atom. The van der Waals surface area contributed by atoms with Gasteiger partial charge in [-0.05, 0) is 22.8 Å². The molecular formula is C21H18S. The third-order valence-corrected chi connectivity index (χ3v) is 4.54. The monoisotopic (exact) mass is 302 g/mol. The Kier molecular flexibility index (Phi) is 5.12. The lowest BCUT2D eigenvalue weighted by atomic mass is 10.1. The standard InChI is InChI=1S/C21H18S/c1-4-10-18(11-5-1)16-21(20-14-8-3-9-15-20)22-17-19-12-6-2-7-13-19/h1-16H,17H2/b21-16-. The number of thioether (sulfide) groups is 1. The lowest BCUT2D eigenvalue weighted by molar-refractivity contribution is 1.42. The highest BCUT2D eigenvalue weighted by Crippen LogP contribution is 2.32. The summed E-state index contributed by atoms with van der Waals surface area (Å²) in [4.78, 5) is 1.30. The van der Waals surface area contributed by atoms with Gasteiger partial charge in [0.15, 0.2) is 0 Å². The molecule has 0 nitrogen and oxygen atoms in total. The Morgan fingerprint density at radius 2 is 1.23 bits per heavy atom. The van der Waals surface area contributed by atoms with E-state index in [2.05, 4.69) is 97.1 Å². The molecule has 0 atom stereocenters. The first-order valence-electron chi connectivity index (χ1n) is 7.41. The molecule has 0 aromatic heterocycles. The Hall–Kier alpha value is -2.25. The normalized spacial score (nSPS) is 11.4. The molecule has 0 spiro atoms. The van der Waals surface area contributed by atoms with Gasteiger partial charge < -0.3 is 0 Å². The molecule has 0 aliphatic carbocycles. The largest absolute Gasteiger partial charge is 0.121 e. The smallest absolute Gasteiger partial charge is 0.0232 e. The van der Waals surface area contributed by atoms with E-state index in [0.29, 0.717) is 0 Å². The highest BCUT2D eigenvalue weighted by molar-refractivity contribution is 8.07. The molecule has 0 amide bonds. The van der Waals surface area contributed by atoms with Crippen molar-refractivity contribution < 1.29 is 0 Å². The summed E-state index contributed by atoms with van der Waals surface area (Å²) in [6.07, 6.45) is 2.27. The van der Waals surface area contributed by atoms with Crippen LogP contribution in [0.15, 0.2) is 91.0 Å². The van der Waals surface area contributed by atoms with Crippen molar-refractivity contribution in [2.24, 2.45) is 0 Å². The van der Waals surface area contributed by atoms with Crippen molar-refractivity contribution in [3.05, 3.63) is 108 Å². The second-order valence-corrected chi connectivity index (χ2v) is 6.08. The van der Waals surface area contributed by atoms with Crippen molar-refractivity contribution in [3.8, 4) is 0 Å². The molecule has 3 aromatic carbocycles. The van der Waals surface area contributed by atoms with Crippen LogP contribution >= 0.6 is 11.8 Å². The molecule has 108 valence electrons. The van der Waals surface area contributed by atoms with Gasteiger partial charge in [0.05, 0.1) is 0 Å². The van der Waals surface area contributed by atoms with Crippen LogP contribution in [0.1, 0.15) is 16.7 Å². The molecular weight excluding hydrogens is 284 g/mol. The maximum atomic E-state index is 2.27. The Balaban J connectivity index is 1.85. The molecule has 0 saturated heterocycles. The van der Waals surface area contributed by atoms with Crippen LogP contribution in [0.2, 0.25) is 0 Å². The number of rotatable bonds is 5. The zero-order valence-corrected chi connectivity index (χ0v) is 13.2. The summed E-state index contributed by atoms with van der Waals surface area (Å²) in [5, 5.41) is 0. The molecule has 0 radical (unpaired) electrons. The quantitative estimate of drug-likeness (QED) is 0.512. The summed E-state index contributed by atoms with van der Waals surface area (Å²) in [7, 11) is 0. The molecule has 0 fully saturated rings. The fraction of sp³-hybridized carbons (Fsp3) is 0.0476. The second-order valence-electron chi connectivity index (χ2n) is 5.06. The number of hydrogen-bond acceptors (Lipinski definition) is 1. The zero-order valence-electron chi connectivity index (χ0n) is 12.4. The van der Waals surface area contributed by atoms with Crippen molar-refractivity contribution in [2.45, 2.75) is 5.75 Å². The summed E-state index contributed by atoms with van der Waals surface area (Å²) >= 11 is 1.88. The van der Waals surface area contributed by atoms with Crippen molar-refractivity contribution in [1.29, 1.82) is 0 Å². The van der Waals surface area contributed by atoms with Crippen LogP contribution in [0.25, 0.3) is 11.0 Å². The minimum atomic E-state index is 0.981. The van der Waals surface area contributed by atoms with Crippen LogP contribution in [-0.2, 0) is 5.75 Å². The molecule has 0 aliphatic rings. The van der Waals surface area contributed by atoms with Crippen molar-refractivity contribution in [2.75, 3.05) is 0 Å². The van der Waals surface area contributed by atoms with Crippen LogP contribution in [0.4, 0.5) is 0 Å². The Bertz CT molecular complexity index is 716. The summed E-state index contributed by atoms with van der Waals surface area (Å²) in [6, 6.07) is 31.7. The van der Waals surface area contributed by atoms with Crippen molar-refractivity contribution in [3.63, 3.8) is 0 Å². The van der Waals surface area contributed by atoms with Gasteiger partial charge in [0.25, 0.3) is 0 Å². The fourth-order valence-corrected chi connectivity index (χ4v) is 3.28. The second kappa shape index (κ2) is 7.67. The van der Waals surface area contributed by atoms with E-state index >= 15 is 0 Å². The summed E-state index contributed by atoms with van der Waals surface area (Å²) in [6.45, 7) is 0. The van der Waals surface area contributed by atoms with Crippen LogP contribution in [0, 0.1) is 0 Å². The van der Waals surface area contributed by atoms with Gasteiger partial charge in [0.1, 0.15) is 0 Å². The van der Waals surface area contributed by atoms with Crippen molar-refractivity contribution >= 4 is 22.7 Å². The molecule has 0 N–H and O–H groups in total. The van der Waals surface area contributed by atoms with E-state index in [1.54, 1.807) is 0 Å². The summed E-state index contributed by atoms with van der Waals surface area (Å²) in [5.74, 6) is 0.981. The van der Waals surface area contributed by atoms with Gasteiger partial charge in [0, 0.05) is 10.7 Å². The minimum absolute atomic E-state index is 0.981. The van der Waals surface area contributed by atoms with Gasteiger partial charge in [-0.3, -0.25) is 0 Å². The molecule has 3 rings (SSSR count). The predicted octanol–water partition coefficient (Wildman–Crippen LogP) is 6.12. The van der Waals surface area contributed by atoms with Crippen LogP contribution in [0.3, 0.4) is 0 Å². The Labute approximate surface area is 136 Å². The molecule has 3 aromatic rings. The first-order valence-corrected chi connectivity index (χ1v) is 8.39. The van der Waals surface area contributed by atoms with E-state index in [1.165, 1.54) is 21.6 Å². The van der Waals surface area contributed by atoms with Gasteiger partial charge in [-0.15, -0.1) is 11.8 Å². The third-order valence-electron chi connectivity index (χ3n) is 3.39. The van der Waals surface area contributed by atoms with Gasteiger partial charge in [0.2, 0.25) is 0 Å². The summed E-state index contributed by atoms with van der Waals surface area (Å²) < 4.78 is 0. The average Bonchev–Trinajstić information content (AvgIpc) is 2.61. The molecule has 0 aliphatic heterocycles. The van der Waals surface area contributed by atoms with Gasteiger partial charge >= 0.3 is 0 Å². The number of benzene rings is 3. The van der Waals surface area contributed by atoms with Gasteiger partial charge in [-0.2, -0.15) is 0 Å². The van der Waals surface area contributed by atoms with E-state index in [0.717, 1.165) is 5.75 Å². The van der Waals surface area contributed by atoms with Gasteiger partial charge in [-0.1, -0.05) is 91.0 Å². The van der Waals surface area contributed by atoms with Crippen LogP contribution < -0.4 is 0 Å². The maximum Gasteiger partial charge on any atom is 0.0232 e. The highest BCUT2D eigenvalue weighted by Gasteiger charge is 2.03. The molecule has 22 heavy (non-hydrogen) atoms. The lowest BCUT2D eigenvalue weighted by Gasteiger charge is -2.08. The van der Waals surface area contributed by atoms with E-state index in [9.17, 15) is 0 Å². The predicted molar refractivity (Wildman–Crippen MR) is 98.5 cm³/mol. The lowest BCUT2D eigenvalue weighted by Crippen LogP contribution is -1.84. The average molecular weight is 302 g/mol. The third kappa shape index (κ3) is 4.12. The minimum Gasteiger partial charge on any atom is -0.121 e. The van der Waals surface area contributed by atoms with Crippen LogP contribution in [-0.4, -0.2) is 0 Å². The molecule has 1 heteroatoms. The number of hydrogen-bond donors (Lipinski definition) is 0. The van der Waals surface area contributed by atoms with Crippen molar-refractivity contribution in [1.82, 2.24) is 0 Å². The topological polar surface area (TPSA) is 0 Å². The first kappa shape index (κ1) is 14.7. The zero-order chi connectivity index (χ0) is 15.0. The molecule has 0 unspecified atom stereocenters. The fourth-order valence-electron chi connectivity index (χ4n) is 2.25. The Morgan fingerprint density at radius 3 is 1.86 bits per heavy atom. The maximum absolute atomic E-state index is 2.27. The van der Waals surface area contributed by atoms with Gasteiger partial charge in [-0.25, -0.2) is 0 Å². The molecule has 0 heterocycles. The van der Waals surface area contributed by atoms with Crippen LogP contribution in [0.5, 0.6) is 0 Å². The van der Waals surface area contributed by atoms with E-state index in [1.807, 2.05) is 11.8 Å². The molecule has 0 bridgehead atoms. The first-order chi connectivity index (χ1) is 10.9. The SMILES string of the molecule is C(=C(/SCc1ccccc1)c1ccccc1)/c1ccccc1. The molecule has 0 saturated carbocycles. The van der Waals surface area contributed by atoms with E-state index < -0.39 is 0 Å².